The molecule has 0 aliphatic heterocycles. The van der Waals surface area contributed by atoms with E-state index in [9.17, 15) is 4.79 Å². The number of fused-ring (bicyclic) bond motifs is 1. The number of pyridine rings is 1. The molecule has 2 N–H and O–H groups in total. The van der Waals surface area contributed by atoms with Gasteiger partial charge in [-0.15, -0.1) is 0 Å². The number of aromatic nitrogens is 1. The molecule has 33 heavy (non-hydrogen) atoms. The minimum absolute atomic E-state index is 0.0777. The second-order valence-corrected chi connectivity index (χ2v) is 7.65. The van der Waals surface area contributed by atoms with E-state index in [4.69, 9.17) is 9.84 Å². The zero-order valence-corrected chi connectivity index (χ0v) is 20.1. The maximum atomic E-state index is 12.7. The van der Waals surface area contributed by atoms with Gasteiger partial charge in [-0.25, -0.2) is 4.98 Å². The van der Waals surface area contributed by atoms with Crippen molar-refractivity contribution in [3.05, 3.63) is 71.8 Å². The van der Waals surface area contributed by atoms with E-state index in [0.717, 1.165) is 48.9 Å². The van der Waals surface area contributed by atoms with Crippen molar-refractivity contribution in [3.63, 3.8) is 0 Å². The van der Waals surface area contributed by atoms with Gasteiger partial charge in [0, 0.05) is 24.5 Å². The molecule has 2 aromatic carbocycles. The number of nitrogens with one attached hydrogen (secondary N) is 1. The number of likely N-dealkylation sites (N-methyl/N-ethyl adjacent to an activating group) is 1. The van der Waals surface area contributed by atoms with E-state index in [1.54, 1.807) is 6.07 Å². The Kier molecular flexibility index (Phi) is 11.9. The first-order valence-electron chi connectivity index (χ1n) is 11.8. The Labute approximate surface area is 197 Å². The molecule has 1 aromatic heterocycles. The number of aliphatic hydroxyl groups excluding tert-OH is 1. The molecule has 1 heterocycles. The van der Waals surface area contributed by atoms with Crippen LogP contribution in [0.15, 0.2) is 60.7 Å². The number of carbonyl (C=O) groups excluding carboxylic acids is 1. The number of para-hydroxylation sites is 1. The van der Waals surface area contributed by atoms with Crippen LogP contribution in [0.3, 0.4) is 0 Å². The van der Waals surface area contributed by atoms with E-state index >= 15 is 0 Å². The summed E-state index contributed by atoms with van der Waals surface area (Å²) >= 11 is 0. The molecular formula is C27H37N3O3. The molecule has 6 heteroatoms. The summed E-state index contributed by atoms with van der Waals surface area (Å²) in [5.74, 6) is 0.437. The number of amides is 1. The molecule has 0 fully saturated rings. The average Bonchev–Trinajstić information content (AvgIpc) is 2.87. The molecule has 0 aliphatic carbocycles. The number of carbonyl (C=O) groups is 1. The summed E-state index contributed by atoms with van der Waals surface area (Å²) in [5, 5.41) is 12.4. The maximum Gasteiger partial charge on any atom is 0.252 e. The van der Waals surface area contributed by atoms with Gasteiger partial charge in [-0.2, -0.15) is 0 Å². The van der Waals surface area contributed by atoms with Crippen molar-refractivity contribution in [1.29, 1.82) is 0 Å². The van der Waals surface area contributed by atoms with Gasteiger partial charge in [0.05, 0.1) is 24.3 Å². The monoisotopic (exact) mass is 451 g/mol. The Morgan fingerprint density at radius 3 is 2.36 bits per heavy atom. The van der Waals surface area contributed by atoms with E-state index in [0.29, 0.717) is 24.6 Å². The van der Waals surface area contributed by atoms with Crippen molar-refractivity contribution in [2.24, 2.45) is 0 Å². The standard InChI is InChI=1S/C20H29N3O2.C7H8O/c1-4-7-14-25-19-15-17(16-10-8-9-11-18(16)22-19)20(24)21-12-13-23(5-2)6-3;8-6-7-4-2-1-3-5-7/h8-11,15H,4-7,12-14H2,1-3H3,(H,21,24);1-5,8H,6H2. The number of hydrogen-bond acceptors (Lipinski definition) is 5. The molecular weight excluding hydrogens is 414 g/mol. The molecule has 0 aliphatic rings. The molecule has 0 saturated heterocycles. The second-order valence-electron chi connectivity index (χ2n) is 7.65. The van der Waals surface area contributed by atoms with Gasteiger partial charge in [-0.3, -0.25) is 4.79 Å². The molecule has 6 nitrogen and oxygen atoms in total. The lowest BCUT2D eigenvalue weighted by atomic mass is 10.1. The minimum atomic E-state index is -0.0777. The van der Waals surface area contributed by atoms with Crippen LogP contribution >= 0.6 is 0 Å². The first-order chi connectivity index (χ1) is 16.1. The average molecular weight is 452 g/mol. The third-order valence-corrected chi connectivity index (χ3v) is 5.32. The van der Waals surface area contributed by atoms with Gasteiger partial charge in [0.1, 0.15) is 0 Å². The zero-order valence-electron chi connectivity index (χ0n) is 20.1. The fourth-order valence-electron chi connectivity index (χ4n) is 3.28. The molecule has 0 bridgehead atoms. The largest absolute Gasteiger partial charge is 0.478 e. The first-order valence-corrected chi connectivity index (χ1v) is 11.8. The van der Waals surface area contributed by atoms with Crippen LogP contribution in [-0.2, 0) is 6.61 Å². The minimum Gasteiger partial charge on any atom is -0.478 e. The van der Waals surface area contributed by atoms with Crippen LogP contribution in [0.2, 0.25) is 0 Å². The fourth-order valence-corrected chi connectivity index (χ4v) is 3.28. The van der Waals surface area contributed by atoms with Crippen LogP contribution in [0.4, 0.5) is 0 Å². The van der Waals surface area contributed by atoms with Crippen LogP contribution in [-0.4, -0.2) is 53.7 Å². The van der Waals surface area contributed by atoms with Crippen molar-refractivity contribution in [2.75, 3.05) is 32.8 Å². The van der Waals surface area contributed by atoms with Crippen molar-refractivity contribution in [1.82, 2.24) is 15.2 Å². The van der Waals surface area contributed by atoms with Gasteiger partial charge >= 0.3 is 0 Å². The van der Waals surface area contributed by atoms with E-state index in [1.807, 2.05) is 54.6 Å². The van der Waals surface area contributed by atoms with Gasteiger partial charge in [0.15, 0.2) is 0 Å². The molecule has 178 valence electrons. The van der Waals surface area contributed by atoms with Crippen molar-refractivity contribution >= 4 is 16.8 Å². The molecule has 0 atom stereocenters. The van der Waals surface area contributed by atoms with Gasteiger partial charge in [-0.1, -0.05) is 75.7 Å². The lowest BCUT2D eigenvalue weighted by molar-refractivity contribution is 0.0950. The van der Waals surface area contributed by atoms with Crippen LogP contribution < -0.4 is 10.1 Å². The molecule has 0 saturated carbocycles. The van der Waals surface area contributed by atoms with Crippen molar-refractivity contribution in [3.8, 4) is 5.88 Å². The van der Waals surface area contributed by atoms with Crippen LogP contribution in [0.1, 0.15) is 49.5 Å². The highest BCUT2D eigenvalue weighted by Crippen LogP contribution is 2.22. The third kappa shape index (κ3) is 8.83. The highest BCUT2D eigenvalue weighted by Gasteiger charge is 2.13. The summed E-state index contributed by atoms with van der Waals surface area (Å²) < 4.78 is 5.72. The number of hydrogen-bond donors (Lipinski definition) is 2. The number of benzene rings is 2. The summed E-state index contributed by atoms with van der Waals surface area (Å²) in [6.45, 7) is 10.6. The summed E-state index contributed by atoms with van der Waals surface area (Å²) in [4.78, 5) is 19.5. The third-order valence-electron chi connectivity index (χ3n) is 5.32. The van der Waals surface area contributed by atoms with E-state index in [-0.39, 0.29) is 12.5 Å². The normalized spacial score (nSPS) is 10.6. The van der Waals surface area contributed by atoms with Gasteiger partial charge in [0.2, 0.25) is 5.88 Å². The summed E-state index contributed by atoms with van der Waals surface area (Å²) in [6.07, 6.45) is 2.03. The number of unbranched alkanes of at least 4 members (excludes halogenated alkanes) is 1. The molecule has 0 spiro atoms. The summed E-state index contributed by atoms with van der Waals surface area (Å²) in [6, 6.07) is 19.0. The Morgan fingerprint density at radius 2 is 1.73 bits per heavy atom. The highest BCUT2D eigenvalue weighted by atomic mass is 16.5. The predicted molar refractivity (Wildman–Crippen MR) is 135 cm³/mol. The van der Waals surface area contributed by atoms with E-state index < -0.39 is 0 Å². The second kappa shape index (κ2) is 15.0. The topological polar surface area (TPSA) is 74.7 Å². The van der Waals surface area contributed by atoms with Crippen molar-refractivity contribution in [2.45, 2.75) is 40.2 Å². The van der Waals surface area contributed by atoms with E-state index in [2.05, 4.69) is 36.0 Å². The SMILES string of the molecule is CCCCOc1cc(C(=O)NCCN(CC)CC)c2ccccc2n1.OCc1ccccc1. The van der Waals surface area contributed by atoms with Crippen molar-refractivity contribution < 1.29 is 14.6 Å². The van der Waals surface area contributed by atoms with Gasteiger partial charge < -0.3 is 20.1 Å². The summed E-state index contributed by atoms with van der Waals surface area (Å²) in [5.41, 5.74) is 2.37. The Bertz CT molecular complexity index is 959. The number of rotatable bonds is 11. The lowest BCUT2D eigenvalue weighted by Gasteiger charge is -2.18. The Morgan fingerprint density at radius 1 is 1.03 bits per heavy atom. The number of ether oxygens (including phenoxy) is 1. The molecule has 3 aromatic rings. The first kappa shape index (κ1) is 26.3. The smallest absolute Gasteiger partial charge is 0.252 e. The quantitative estimate of drug-likeness (QED) is 0.415. The lowest BCUT2D eigenvalue weighted by Crippen LogP contribution is -2.34. The number of aliphatic hydroxyl groups is 1. The van der Waals surface area contributed by atoms with Gasteiger partial charge in [-0.05, 0) is 31.1 Å². The molecule has 0 radical (unpaired) electrons. The molecule has 3 rings (SSSR count). The van der Waals surface area contributed by atoms with E-state index in [1.165, 1.54) is 0 Å². The summed E-state index contributed by atoms with van der Waals surface area (Å²) in [7, 11) is 0. The number of nitrogens with zero attached hydrogens (tertiary/aromatic N) is 2. The maximum absolute atomic E-state index is 12.7. The highest BCUT2D eigenvalue weighted by molar-refractivity contribution is 6.06. The molecule has 1 amide bonds. The van der Waals surface area contributed by atoms with Crippen LogP contribution in [0, 0.1) is 0 Å². The zero-order chi connectivity index (χ0) is 23.9. The molecule has 0 unspecified atom stereocenters. The fraction of sp³-hybridized carbons (Fsp3) is 0.407. The Hall–Kier alpha value is -2.96. The predicted octanol–water partition coefficient (Wildman–Crippen LogP) is 4.66. The Balaban J connectivity index is 0.000000405. The van der Waals surface area contributed by atoms with Crippen LogP contribution in [0.5, 0.6) is 5.88 Å². The van der Waals surface area contributed by atoms with Gasteiger partial charge in [0.25, 0.3) is 5.91 Å². The van der Waals surface area contributed by atoms with Crippen LogP contribution in [0.25, 0.3) is 10.9 Å².